The van der Waals surface area contributed by atoms with E-state index in [-0.39, 0.29) is 0 Å². The maximum atomic E-state index is 5.96. The van der Waals surface area contributed by atoms with Crippen molar-refractivity contribution in [2.24, 2.45) is 10.7 Å². The number of aliphatic imine (C=N–C) groups is 1. The van der Waals surface area contributed by atoms with E-state index >= 15 is 0 Å². The molecule has 0 saturated heterocycles. The molecule has 2 rings (SSSR count). The summed E-state index contributed by atoms with van der Waals surface area (Å²) in [6.07, 6.45) is 3.54. The van der Waals surface area contributed by atoms with Gasteiger partial charge in [0, 0.05) is 26.0 Å². The fourth-order valence-corrected chi connectivity index (χ4v) is 1.56. The molecule has 1 heterocycles. The second kappa shape index (κ2) is 5.82. The lowest BCUT2D eigenvalue weighted by Gasteiger charge is -2.17. The molecule has 0 aliphatic rings. The van der Waals surface area contributed by atoms with E-state index in [0.29, 0.717) is 12.5 Å². The molecule has 0 amide bonds. The number of hydrogen-bond donors (Lipinski definition) is 1. The molecule has 2 N–H and O–H groups in total. The third kappa shape index (κ3) is 3.31. The van der Waals surface area contributed by atoms with Crippen LogP contribution in [0.1, 0.15) is 5.56 Å². The van der Waals surface area contributed by atoms with Crippen molar-refractivity contribution in [1.29, 1.82) is 0 Å². The number of hydrogen-bond acceptors (Lipinski definition) is 2. The average molecular weight is 240 g/mol. The van der Waals surface area contributed by atoms with Crippen molar-refractivity contribution >= 4 is 11.6 Å². The normalized spacial score (nSPS) is 11.3. The van der Waals surface area contributed by atoms with Crippen LogP contribution in [0, 0.1) is 0 Å². The van der Waals surface area contributed by atoms with Gasteiger partial charge in [-0.1, -0.05) is 18.2 Å². The lowest BCUT2D eigenvalue weighted by molar-refractivity contribution is 0.494. The summed E-state index contributed by atoms with van der Waals surface area (Å²) < 4.78 is 0. The van der Waals surface area contributed by atoms with Gasteiger partial charge in [-0.15, -0.1) is 0 Å². The van der Waals surface area contributed by atoms with Gasteiger partial charge in [0.25, 0.3) is 0 Å². The van der Waals surface area contributed by atoms with Crippen LogP contribution in [0.2, 0.25) is 0 Å². The molecule has 0 fully saturated rings. The summed E-state index contributed by atoms with van der Waals surface area (Å²) in [5, 5.41) is 0. The van der Waals surface area contributed by atoms with Crippen molar-refractivity contribution in [2.45, 2.75) is 6.54 Å². The summed E-state index contributed by atoms with van der Waals surface area (Å²) in [5.41, 5.74) is 7.97. The molecule has 0 atom stereocenters. The molecule has 0 saturated carbocycles. The Balaban J connectivity index is 2.05. The third-order valence-corrected chi connectivity index (χ3v) is 2.56. The smallest absolute Gasteiger partial charge is 0.196 e. The number of para-hydroxylation sites is 1. The van der Waals surface area contributed by atoms with Crippen LogP contribution in [-0.2, 0) is 6.54 Å². The van der Waals surface area contributed by atoms with Crippen molar-refractivity contribution in [1.82, 2.24) is 9.88 Å². The first-order valence-corrected chi connectivity index (χ1v) is 5.75. The molecule has 0 bridgehead atoms. The standard InChI is InChI=1S/C14H16N4/c1-18(11-12-7-9-16-10-8-12)14(15)17-13-5-3-2-4-6-13/h2-10H,11H2,1H3,(H2,15,17). The molecule has 0 aliphatic heterocycles. The zero-order valence-corrected chi connectivity index (χ0v) is 10.3. The fourth-order valence-electron chi connectivity index (χ4n) is 1.56. The van der Waals surface area contributed by atoms with Crippen molar-refractivity contribution < 1.29 is 0 Å². The maximum absolute atomic E-state index is 5.96. The van der Waals surface area contributed by atoms with Gasteiger partial charge in [-0.25, -0.2) is 4.99 Å². The second-order valence-corrected chi connectivity index (χ2v) is 4.02. The van der Waals surface area contributed by atoms with E-state index < -0.39 is 0 Å². The molecule has 4 nitrogen and oxygen atoms in total. The zero-order chi connectivity index (χ0) is 12.8. The molecule has 1 aromatic heterocycles. The maximum Gasteiger partial charge on any atom is 0.196 e. The van der Waals surface area contributed by atoms with Gasteiger partial charge in [0.2, 0.25) is 0 Å². The van der Waals surface area contributed by atoms with E-state index in [1.54, 1.807) is 12.4 Å². The largest absolute Gasteiger partial charge is 0.369 e. The van der Waals surface area contributed by atoms with Gasteiger partial charge in [-0.05, 0) is 29.8 Å². The highest BCUT2D eigenvalue weighted by Crippen LogP contribution is 2.10. The van der Waals surface area contributed by atoms with Crippen LogP contribution < -0.4 is 5.73 Å². The summed E-state index contributed by atoms with van der Waals surface area (Å²) in [4.78, 5) is 10.3. The number of rotatable bonds is 3. The van der Waals surface area contributed by atoms with E-state index in [9.17, 15) is 0 Å². The number of benzene rings is 1. The van der Waals surface area contributed by atoms with Gasteiger partial charge >= 0.3 is 0 Å². The number of pyridine rings is 1. The average Bonchev–Trinajstić information content (AvgIpc) is 2.41. The number of aromatic nitrogens is 1. The number of nitrogens with zero attached hydrogens (tertiary/aromatic N) is 3. The van der Waals surface area contributed by atoms with Crippen LogP contribution in [0.15, 0.2) is 59.9 Å². The Morgan fingerprint density at radius 1 is 1.17 bits per heavy atom. The van der Waals surface area contributed by atoms with E-state index in [0.717, 1.165) is 11.3 Å². The minimum atomic E-state index is 0.498. The zero-order valence-electron chi connectivity index (χ0n) is 10.3. The van der Waals surface area contributed by atoms with Gasteiger partial charge < -0.3 is 10.6 Å². The molecule has 2 aromatic rings. The molecule has 0 unspecified atom stereocenters. The molecular weight excluding hydrogens is 224 g/mol. The first-order valence-electron chi connectivity index (χ1n) is 5.75. The first-order chi connectivity index (χ1) is 8.75. The SMILES string of the molecule is CN(Cc1ccncc1)C(N)=Nc1ccccc1. The van der Waals surface area contributed by atoms with Crippen LogP contribution in [0.3, 0.4) is 0 Å². The fraction of sp³-hybridized carbons (Fsp3) is 0.143. The molecule has 18 heavy (non-hydrogen) atoms. The summed E-state index contributed by atoms with van der Waals surface area (Å²) in [6.45, 7) is 0.713. The topological polar surface area (TPSA) is 54.5 Å². The Morgan fingerprint density at radius 2 is 1.83 bits per heavy atom. The van der Waals surface area contributed by atoms with Crippen LogP contribution in [0.5, 0.6) is 0 Å². The van der Waals surface area contributed by atoms with Crippen molar-refractivity contribution in [3.05, 3.63) is 60.4 Å². The Labute approximate surface area is 107 Å². The summed E-state index contributed by atoms with van der Waals surface area (Å²) in [5.74, 6) is 0.498. The molecular formula is C14H16N4. The predicted octanol–water partition coefficient (Wildman–Crippen LogP) is 2.16. The Bertz CT molecular complexity index is 508. The molecule has 0 aliphatic carbocycles. The van der Waals surface area contributed by atoms with E-state index in [4.69, 9.17) is 5.73 Å². The quantitative estimate of drug-likeness (QED) is 0.660. The number of guanidine groups is 1. The highest BCUT2D eigenvalue weighted by molar-refractivity contribution is 5.80. The molecule has 4 heteroatoms. The summed E-state index contributed by atoms with van der Waals surface area (Å²) >= 11 is 0. The van der Waals surface area contributed by atoms with Gasteiger partial charge in [0.05, 0.1) is 5.69 Å². The molecule has 0 spiro atoms. The molecule has 0 radical (unpaired) electrons. The Morgan fingerprint density at radius 3 is 2.50 bits per heavy atom. The van der Waals surface area contributed by atoms with E-state index in [1.165, 1.54) is 0 Å². The van der Waals surface area contributed by atoms with E-state index in [2.05, 4.69) is 9.98 Å². The van der Waals surface area contributed by atoms with Crippen molar-refractivity contribution in [3.63, 3.8) is 0 Å². The Hall–Kier alpha value is -2.36. The van der Waals surface area contributed by atoms with Crippen LogP contribution in [-0.4, -0.2) is 22.9 Å². The number of nitrogens with two attached hydrogens (primary N) is 1. The Kier molecular flexibility index (Phi) is 3.91. The monoisotopic (exact) mass is 240 g/mol. The third-order valence-electron chi connectivity index (χ3n) is 2.56. The van der Waals surface area contributed by atoms with Gasteiger partial charge in [0.15, 0.2) is 5.96 Å². The van der Waals surface area contributed by atoms with E-state index in [1.807, 2.05) is 54.4 Å². The highest BCUT2D eigenvalue weighted by Gasteiger charge is 2.02. The second-order valence-electron chi connectivity index (χ2n) is 4.02. The predicted molar refractivity (Wildman–Crippen MR) is 73.4 cm³/mol. The minimum absolute atomic E-state index is 0.498. The van der Waals surface area contributed by atoms with Gasteiger partial charge in [-0.2, -0.15) is 0 Å². The van der Waals surface area contributed by atoms with Gasteiger partial charge in [-0.3, -0.25) is 4.98 Å². The highest BCUT2D eigenvalue weighted by atomic mass is 15.2. The summed E-state index contributed by atoms with van der Waals surface area (Å²) in [7, 11) is 1.92. The van der Waals surface area contributed by atoms with Crippen LogP contribution in [0.25, 0.3) is 0 Å². The molecule has 92 valence electrons. The van der Waals surface area contributed by atoms with Crippen LogP contribution in [0.4, 0.5) is 5.69 Å². The summed E-state index contributed by atoms with van der Waals surface area (Å²) in [6, 6.07) is 13.6. The lowest BCUT2D eigenvalue weighted by atomic mass is 10.2. The first kappa shape index (κ1) is 12.1. The van der Waals surface area contributed by atoms with Crippen molar-refractivity contribution in [2.75, 3.05) is 7.05 Å². The van der Waals surface area contributed by atoms with Gasteiger partial charge in [0.1, 0.15) is 0 Å². The molecule has 1 aromatic carbocycles. The van der Waals surface area contributed by atoms with Crippen molar-refractivity contribution in [3.8, 4) is 0 Å². The lowest BCUT2D eigenvalue weighted by Crippen LogP contribution is -2.33. The minimum Gasteiger partial charge on any atom is -0.369 e. The van der Waals surface area contributed by atoms with Crippen LogP contribution >= 0.6 is 0 Å².